The molecular formula is C19H22FN3O4. The van der Waals surface area contributed by atoms with Gasteiger partial charge in [0.05, 0.1) is 17.9 Å². The fraction of sp³-hybridized carbons (Fsp3) is 0.421. The van der Waals surface area contributed by atoms with E-state index < -0.39 is 23.3 Å². The number of carboxylic acids is 1. The third kappa shape index (κ3) is 3.71. The Balaban J connectivity index is 1.88. The summed E-state index contributed by atoms with van der Waals surface area (Å²) in [6.45, 7) is 2.60. The molecule has 0 radical (unpaired) electrons. The summed E-state index contributed by atoms with van der Waals surface area (Å²) in [5.41, 5.74) is -0.759. The van der Waals surface area contributed by atoms with Crippen LogP contribution in [-0.4, -0.2) is 56.0 Å². The minimum Gasteiger partial charge on any atom is -0.481 e. The number of carbonyl (C=O) groups is 2. The third-order valence-corrected chi connectivity index (χ3v) is 5.11. The van der Waals surface area contributed by atoms with Gasteiger partial charge in [-0.3, -0.25) is 14.3 Å². The van der Waals surface area contributed by atoms with E-state index in [1.165, 1.54) is 29.3 Å². The molecule has 2 N–H and O–H groups in total. The van der Waals surface area contributed by atoms with Crippen molar-refractivity contribution < 1.29 is 24.2 Å². The number of carbonyl (C=O) groups excluding carboxylic acids is 1. The Morgan fingerprint density at radius 3 is 2.81 bits per heavy atom. The quantitative estimate of drug-likeness (QED) is 0.827. The summed E-state index contributed by atoms with van der Waals surface area (Å²) in [4.78, 5) is 26.3. The van der Waals surface area contributed by atoms with Crippen LogP contribution >= 0.6 is 0 Å². The maximum absolute atomic E-state index is 13.5. The highest BCUT2D eigenvalue weighted by atomic mass is 19.1. The predicted octanol–water partition coefficient (Wildman–Crippen LogP) is 1.56. The summed E-state index contributed by atoms with van der Waals surface area (Å²) in [7, 11) is 0. The standard InChI is InChI=1S/C19H22FN3O4/c1-2-23-11-14(10-21-23)17(25)22-7-6-16(24)19(12-22,18(26)27)9-13-4-3-5-15(20)8-13/h3-5,8,10-11,16,24H,2,6-7,9,12H2,1H3,(H,26,27)/t16-,19-/m1/s1. The molecule has 27 heavy (non-hydrogen) atoms. The Hall–Kier alpha value is -2.74. The molecule has 0 saturated carbocycles. The normalized spacial score (nSPS) is 22.6. The first kappa shape index (κ1) is 19.0. The zero-order chi connectivity index (χ0) is 19.6. The van der Waals surface area contributed by atoms with Gasteiger partial charge in [-0.2, -0.15) is 5.10 Å². The topological polar surface area (TPSA) is 95.7 Å². The average Bonchev–Trinajstić information content (AvgIpc) is 3.12. The first-order valence-corrected chi connectivity index (χ1v) is 8.83. The van der Waals surface area contributed by atoms with Crippen LogP contribution in [0.1, 0.15) is 29.3 Å². The fourth-order valence-corrected chi connectivity index (χ4v) is 3.55. The molecule has 0 bridgehead atoms. The molecule has 8 heteroatoms. The molecule has 1 saturated heterocycles. The molecule has 0 unspecified atom stereocenters. The van der Waals surface area contributed by atoms with E-state index in [1.54, 1.807) is 16.9 Å². The second-order valence-electron chi connectivity index (χ2n) is 6.88. The zero-order valence-corrected chi connectivity index (χ0v) is 15.0. The number of piperidine rings is 1. The van der Waals surface area contributed by atoms with Crippen LogP contribution in [0, 0.1) is 11.2 Å². The number of hydrogen-bond donors (Lipinski definition) is 2. The van der Waals surface area contributed by atoms with Crippen LogP contribution in [0.3, 0.4) is 0 Å². The average molecular weight is 375 g/mol. The van der Waals surface area contributed by atoms with E-state index in [-0.39, 0.29) is 31.8 Å². The Labute approximate surface area is 156 Å². The molecule has 3 rings (SSSR count). The van der Waals surface area contributed by atoms with Gasteiger partial charge in [0, 0.05) is 25.8 Å². The molecule has 2 atom stereocenters. The molecular weight excluding hydrogens is 353 g/mol. The minimum absolute atomic E-state index is 0.0702. The van der Waals surface area contributed by atoms with E-state index in [4.69, 9.17) is 0 Å². The Morgan fingerprint density at radius 1 is 1.41 bits per heavy atom. The number of aliphatic carboxylic acids is 1. The van der Waals surface area contributed by atoms with E-state index in [0.717, 1.165) is 0 Å². The van der Waals surface area contributed by atoms with E-state index in [2.05, 4.69) is 5.10 Å². The van der Waals surface area contributed by atoms with Gasteiger partial charge < -0.3 is 15.1 Å². The molecule has 0 spiro atoms. The van der Waals surface area contributed by atoms with Crippen molar-refractivity contribution in [2.45, 2.75) is 32.4 Å². The van der Waals surface area contributed by atoms with Crippen LogP contribution in [0.4, 0.5) is 4.39 Å². The van der Waals surface area contributed by atoms with Crippen molar-refractivity contribution in [2.75, 3.05) is 13.1 Å². The number of nitrogens with zero attached hydrogens (tertiary/aromatic N) is 3. The highest BCUT2D eigenvalue weighted by molar-refractivity contribution is 5.94. The molecule has 1 aliphatic rings. The minimum atomic E-state index is -1.59. The first-order valence-electron chi connectivity index (χ1n) is 8.83. The summed E-state index contributed by atoms with van der Waals surface area (Å²) in [6, 6.07) is 5.64. The van der Waals surface area contributed by atoms with Crippen molar-refractivity contribution in [3.63, 3.8) is 0 Å². The molecule has 2 aromatic rings. The van der Waals surface area contributed by atoms with E-state index in [0.29, 0.717) is 17.7 Å². The molecule has 144 valence electrons. The first-order chi connectivity index (χ1) is 12.9. The lowest BCUT2D eigenvalue weighted by Crippen LogP contribution is -2.58. The summed E-state index contributed by atoms with van der Waals surface area (Å²) in [5.74, 6) is -2.01. The fourth-order valence-electron chi connectivity index (χ4n) is 3.55. The van der Waals surface area contributed by atoms with Crippen LogP contribution in [0.25, 0.3) is 0 Å². The van der Waals surface area contributed by atoms with Gasteiger partial charge in [-0.15, -0.1) is 0 Å². The van der Waals surface area contributed by atoms with Gasteiger partial charge in [0.15, 0.2) is 0 Å². The maximum atomic E-state index is 13.5. The number of carboxylic acid groups (broad SMARTS) is 1. The number of rotatable bonds is 5. The number of amides is 1. The van der Waals surface area contributed by atoms with Gasteiger partial charge in [0.1, 0.15) is 11.2 Å². The number of aryl methyl sites for hydroxylation is 1. The van der Waals surface area contributed by atoms with E-state index >= 15 is 0 Å². The molecule has 1 aliphatic heterocycles. The van der Waals surface area contributed by atoms with Gasteiger partial charge in [0.2, 0.25) is 0 Å². The molecule has 1 aromatic heterocycles. The Morgan fingerprint density at radius 2 is 2.19 bits per heavy atom. The van der Waals surface area contributed by atoms with E-state index in [1.807, 2.05) is 6.92 Å². The van der Waals surface area contributed by atoms with E-state index in [9.17, 15) is 24.2 Å². The second kappa shape index (κ2) is 7.48. The van der Waals surface area contributed by atoms with Crippen LogP contribution in [-0.2, 0) is 17.8 Å². The van der Waals surface area contributed by atoms with Gasteiger partial charge in [-0.25, -0.2) is 4.39 Å². The lowest BCUT2D eigenvalue weighted by Gasteiger charge is -2.43. The largest absolute Gasteiger partial charge is 0.481 e. The second-order valence-corrected chi connectivity index (χ2v) is 6.88. The monoisotopic (exact) mass is 375 g/mol. The predicted molar refractivity (Wildman–Crippen MR) is 94.6 cm³/mol. The van der Waals surface area contributed by atoms with Crippen molar-refractivity contribution in [2.24, 2.45) is 5.41 Å². The van der Waals surface area contributed by atoms with Crippen molar-refractivity contribution in [3.05, 3.63) is 53.6 Å². The maximum Gasteiger partial charge on any atom is 0.314 e. The molecule has 1 aromatic carbocycles. The number of halogens is 1. The van der Waals surface area contributed by atoms with Crippen LogP contribution in [0.15, 0.2) is 36.7 Å². The number of aliphatic hydroxyl groups excluding tert-OH is 1. The molecule has 1 amide bonds. The van der Waals surface area contributed by atoms with Crippen LogP contribution in [0.5, 0.6) is 0 Å². The lowest BCUT2D eigenvalue weighted by molar-refractivity contribution is -0.161. The van der Waals surface area contributed by atoms with Crippen LogP contribution < -0.4 is 0 Å². The molecule has 2 heterocycles. The summed E-state index contributed by atoms with van der Waals surface area (Å²) in [5, 5.41) is 24.5. The van der Waals surface area contributed by atoms with Crippen LogP contribution in [0.2, 0.25) is 0 Å². The van der Waals surface area contributed by atoms with Crippen molar-refractivity contribution >= 4 is 11.9 Å². The van der Waals surface area contributed by atoms with Crippen molar-refractivity contribution in [1.82, 2.24) is 14.7 Å². The van der Waals surface area contributed by atoms with Crippen molar-refractivity contribution in [1.29, 1.82) is 0 Å². The van der Waals surface area contributed by atoms with Gasteiger partial charge in [0.25, 0.3) is 5.91 Å². The molecule has 7 nitrogen and oxygen atoms in total. The number of aliphatic hydroxyl groups is 1. The Bertz CT molecular complexity index is 853. The third-order valence-electron chi connectivity index (χ3n) is 5.11. The molecule has 0 aliphatic carbocycles. The summed E-state index contributed by atoms with van der Waals surface area (Å²) < 4.78 is 15.1. The lowest BCUT2D eigenvalue weighted by atomic mass is 9.72. The number of hydrogen-bond acceptors (Lipinski definition) is 4. The number of likely N-dealkylation sites (tertiary alicyclic amines) is 1. The summed E-state index contributed by atoms with van der Waals surface area (Å²) >= 11 is 0. The van der Waals surface area contributed by atoms with Crippen molar-refractivity contribution in [3.8, 4) is 0 Å². The summed E-state index contributed by atoms with van der Waals surface area (Å²) in [6.07, 6.45) is 1.99. The smallest absolute Gasteiger partial charge is 0.314 e. The Kier molecular flexibility index (Phi) is 5.27. The zero-order valence-electron chi connectivity index (χ0n) is 15.0. The SMILES string of the molecule is CCn1cc(C(=O)N2CC[C@@H](O)[C@](Cc3cccc(F)c3)(C(=O)O)C2)cn1. The number of benzene rings is 1. The highest BCUT2D eigenvalue weighted by Crippen LogP contribution is 2.35. The van der Waals surface area contributed by atoms with Gasteiger partial charge in [-0.1, -0.05) is 12.1 Å². The number of aromatic nitrogens is 2. The molecule has 1 fully saturated rings. The van der Waals surface area contributed by atoms with Gasteiger partial charge in [-0.05, 0) is 37.5 Å². The highest BCUT2D eigenvalue weighted by Gasteiger charge is 2.50. The van der Waals surface area contributed by atoms with Gasteiger partial charge >= 0.3 is 5.97 Å².